The average molecular weight is 318 g/mol. The molecule has 0 fully saturated rings. The lowest BCUT2D eigenvalue weighted by atomic mass is 10.00. The fourth-order valence-electron chi connectivity index (χ4n) is 1.40. The lowest BCUT2D eigenvalue weighted by molar-refractivity contribution is -0.150. The van der Waals surface area contributed by atoms with E-state index in [2.05, 4.69) is 15.5 Å². The Morgan fingerprint density at radius 3 is 2.70 bits per heavy atom. The third-order valence-electron chi connectivity index (χ3n) is 2.88. The predicted octanol–water partition coefficient (Wildman–Crippen LogP) is 1.63. The summed E-state index contributed by atoms with van der Waals surface area (Å²) in [5.74, 6) is 0.562. The van der Waals surface area contributed by atoms with Crippen molar-refractivity contribution in [1.82, 2.24) is 15.5 Å². The van der Waals surface area contributed by atoms with E-state index < -0.39 is 5.54 Å². The molecule has 0 aliphatic heterocycles. The van der Waals surface area contributed by atoms with Crippen LogP contribution in [0.3, 0.4) is 0 Å². The molecule has 1 heterocycles. The number of nitrogens with zero attached hydrogens (tertiary/aromatic N) is 3. The lowest BCUT2D eigenvalue weighted by Crippen LogP contribution is -2.49. The number of anilines is 1. The molecule has 1 rings (SSSR count). The highest BCUT2D eigenvalue weighted by molar-refractivity contribution is 8.01. The highest BCUT2D eigenvalue weighted by Gasteiger charge is 2.32. The van der Waals surface area contributed by atoms with Crippen LogP contribution in [-0.4, -0.2) is 55.2 Å². The van der Waals surface area contributed by atoms with Crippen LogP contribution in [0, 0.1) is 0 Å². The number of ether oxygens (including phenoxy) is 1. The van der Waals surface area contributed by atoms with Gasteiger partial charge in [0.05, 0.1) is 6.61 Å². The molecule has 0 aliphatic carbocycles. The average Bonchev–Trinajstić information content (AvgIpc) is 2.87. The molecule has 1 aromatic heterocycles. The number of likely N-dealkylation sites (N-methyl/N-ethyl adjacent to an activating group) is 1. The molecule has 0 bridgehead atoms. The minimum atomic E-state index is -0.655. The van der Waals surface area contributed by atoms with Crippen LogP contribution < -0.4 is 10.2 Å². The SMILES string of the molecule is CCOC(=O)C(C)(CCSc1nnc(N(C)C)s1)NC. The van der Waals surface area contributed by atoms with Gasteiger partial charge in [0.2, 0.25) is 5.13 Å². The highest BCUT2D eigenvalue weighted by Crippen LogP contribution is 2.28. The summed E-state index contributed by atoms with van der Waals surface area (Å²) in [5, 5.41) is 12.1. The number of aromatic nitrogens is 2. The first-order chi connectivity index (χ1) is 9.42. The third kappa shape index (κ3) is 4.60. The summed E-state index contributed by atoms with van der Waals surface area (Å²) in [5.41, 5.74) is -0.655. The molecule has 0 spiro atoms. The Hall–Kier alpha value is -0.860. The Labute approximate surface area is 128 Å². The van der Waals surface area contributed by atoms with Crippen LogP contribution >= 0.6 is 23.1 Å². The molecule has 0 amide bonds. The second-order valence-corrected chi connectivity index (χ2v) is 6.94. The fourth-order valence-corrected chi connectivity index (χ4v) is 3.40. The minimum absolute atomic E-state index is 0.214. The van der Waals surface area contributed by atoms with Gasteiger partial charge in [-0.2, -0.15) is 0 Å². The quantitative estimate of drug-likeness (QED) is 0.577. The monoisotopic (exact) mass is 318 g/mol. The zero-order chi connectivity index (χ0) is 15.2. The zero-order valence-corrected chi connectivity index (χ0v) is 14.2. The van der Waals surface area contributed by atoms with E-state index in [1.807, 2.05) is 32.8 Å². The van der Waals surface area contributed by atoms with E-state index in [0.717, 1.165) is 15.2 Å². The molecule has 0 aliphatic rings. The van der Waals surface area contributed by atoms with Gasteiger partial charge in [-0.05, 0) is 27.3 Å². The number of nitrogens with one attached hydrogen (secondary N) is 1. The van der Waals surface area contributed by atoms with Gasteiger partial charge >= 0.3 is 5.97 Å². The van der Waals surface area contributed by atoms with Gasteiger partial charge in [-0.1, -0.05) is 23.1 Å². The first-order valence-electron chi connectivity index (χ1n) is 6.42. The first-order valence-corrected chi connectivity index (χ1v) is 8.23. The van der Waals surface area contributed by atoms with Gasteiger partial charge in [-0.25, -0.2) is 0 Å². The van der Waals surface area contributed by atoms with Crippen LogP contribution in [-0.2, 0) is 9.53 Å². The third-order valence-corrected chi connectivity index (χ3v) is 5.11. The first kappa shape index (κ1) is 17.2. The normalized spacial score (nSPS) is 13.8. The number of rotatable bonds is 8. The second kappa shape index (κ2) is 7.80. The molecule has 0 saturated heterocycles. The number of esters is 1. The second-order valence-electron chi connectivity index (χ2n) is 4.65. The summed E-state index contributed by atoms with van der Waals surface area (Å²) < 4.78 is 6.01. The van der Waals surface area contributed by atoms with E-state index >= 15 is 0 Å². The van der Waals surface area contributed by atoms with Gasteiger partial charge in [0.15, 0.2) is 4.34 Å². The van der Waals surface area contributed by atoms with E-state index in [9.17, 15) is 4.79 Å². The van der Waals surface area contributed by atoms with Gasteiger partial charge in [0.25, 0.3) is 0 Å². The van der Waals surface area contributed by atoms with Crippen molar-refractivity contribution in [3.63, 3.8) is 0 Å². The summed E-state index contributed by atoms with van der Waals surface area (Å²) in [4.78, 5) is 13.8. The van der Waals surface area contributed by atoms with Crippen molar-refractivity contribution in [2.24, 2.45) is 0 Å². The molecular formula is C12H22N4O2S2. The molecular weight excluding hydrogens is 296 g/mol. The van der Waals surface area contributed by atoms with E-state index in [0.29, 0.717) is 13.0 Å². The Kier molecular flexibility index (Phi) is 6.70. The molecule has 6 nitrogen and oxygen atoms in total. The van der Waals surface area contributed by atoms with Gasteiger partial charge in [0.1, 0.15) is 5.54 Å². The van der Waals surface area contributed by atoms with Gasteiger partial charge < -0.3 is 15.0 Å². The molecule has 1 unspecified atom stereocenters. The van der Waals surface area contributed by atoms with Crippen LogP contribution in [0.1, 0.15) is 20.3 Å². The Morgan fingerprint density at radius 2 is 2.20 bits per heavy atom. The van der Waals surface area contributed by atoms with Crippen LogP contribution in [0.5, 0.6) is 0 Å². The molecule has 1 atom stereocenters. The molecule has 1 N–H and O–H groups in total. The zero-order valence-electron chi connectivity index (χ0n) is 12.6. The molecule has 8 heteroatoms. The molecule has 0 saturated carbocycles. The van der Waals surface area contributed by atoms with Gasteiger partial charge in [-0.15, -0.1) is 10.2 Å². The molecule has 0 aromatic carbocycles. The topological polar surface area (TPSA) is 67.3 Å². The lowest BCUT2D eigenvalue weighted by Gasteiger charge is -2.26. The molecule has 1 aromatic rings. The maximum atomic E-state index is 11.9. The van der Waals surface area contributed by atoms with Crippen LogP contribution in [0.4, 0.5) is 5.13 Å². The van der Waals surface area contributed by atoms with Crippen molar-refractivity contribution in [2.45, 2.75) is 30.1 Å². The summed E-state index contributed by atoms with van der Waals surface area (Å²) in [6, 6.07) is 0. The minimum Gasteiger partial charge on any atom is -0.465 e. The number of hydrogen-bond donors (Lipinski definition) is 1. The maximum Gasteiger partial charge on any atom is 0.326 e. The number of carbonyl (C=O) groups is 1. The smallest absolute Gasteiger partial charge is 0.326 e. The van der Waals surface area contributed by atoms with Crippen molar-refractivity contribution in [1.29, 1.82) is 0 Å². The number of thioether (sulfide) groups is 1. The number of carbonyl (C=O) groups excluding carboxylic acids is 1. The molecule has 0 radical (unpaired) electrons. The largest absolute Gasteiger partial charge is 0.465 e. The summed E-state index contributed by atoms with van der Waals surface area (Å²) in [6.45, 7) is 4.06. The Balaban J connectivity index is 2.50. The van der Waals surface area contributed by atoms with Crippen molar-refractivity contribution >= 4 is 34.2 Å². The van der Waals surface area contributed by atoms with E-state index in [1.54, 1.807) is 30.1 Å². The van der Waals surface area contributed by atoms with Crippen molar-refractivity contribution in [3.8, 4) is 0 Å². The van der Waals surface area contributed by atoms with Crippen molar-refractivity contribution in [2.75, 3.05) is 38.4 Å². The molecule has 114 valence electrons. The fraction of sp³-hybridized carbons (Fsp3) is 0.750. The maximum absolute atomic E-state index is 11.9. The summed E-state index contributed by atoms with van der Waals surface area (Å²) >= 11 is 3.15. The van der Waals surface area contributed by atoms with Crippen LogP contribution in [0.25, 0.3) is 0 Å². The van der Waals surface area contributed by atoms with Crippen molar-refractivity contribution < 1.29 is 9.53 Å². The van der Waals surface area contributed by atoms with Crippen molar-refractivity contribution in [3.05, 3.63) is 0 Å². The molecule has 20 heavy (non-hydrogen) atoms. The summed E-state index contributed by atoms with van der Waals surface area (Å²) in [6.07, 6.45) is 0.671. The standard InChI is InChI=1S/C12H22N4O2S2/c1-6-18-9(17)12(2,13-3)7-8-19-11-15-14-10(20-11)16(4)5/h13H,6-8H2,1-5H3. The van der Waals surface area contributed by atoms with E-state index in [4.69, 9.17) is 4.74 Å². The van der Waals surface area contributed by atoms with Crippen LogP contribution in [0.15, 0.2) is 4.34 Å². The predicted molar refractivity (Wildman–Crippen MR) is 83.7 cm³/mol. The van der Waals surface area contributed by atoms with E-state index in [-0.39, 0.29) is 5.97 Å². The van der Waals surface area contributed by atoms with Gasteiger partial charge in [-0.3, -0.25) is 4.79 Å². The van der Waals surface area contributed by atoms with Crippen LogP contribution in [0.2, 0.25) is 0 Å². The Morgan fingerprint density at radius 1 is 1.50 bits per heavy atom. The summed E-state index contributed by atoms with van der Waals surface area (Å²) in [7, 11) is 5.65. The number of hydrogen-bond acceptors (Lipinski definition) is 8. The van der Waals surface area contributed by atoms with Gasteiger partial charge in [0, 0.05) is 19.8 Å². The Bertz CT molecular complexity index is 439. The highest BCUT2D eigenvalue weighted by atomic mass is 32.2. The van der Waals surface area contributed by atoms with E-state index in [1.165, 1.54) is 0 Å².